The highest BCUT2D eigenvalue weighted by Crippen LogP contribution is 2.50. The van der Waals surface area contributed by atoms with Crippen LogP contribution < -0.4 is 10.6 Å². The minimum atomic E-state index is -0.586. The van der Waals surface area contributed by atoms with E-state index in [4.69, 9.17) is 4.42 Å². The number of hydrogen-bond acceptors (Lipinski definition) is 6. The molecule has 3 unspecified atom stereocenters. The van der Waals surface area contributed by atoms with E-state index in [-0.39, 0.29) is 23.1 Å². The molecule has 21 heavy (non-hydrogen) atoms. The fourth-order valence-corrected chi connectivity index (χ4v) is 4.80. The minimum absolute atomic E-state index is 0.00166. The van der Waals surface area contributed by atoms with E-state index in [0.717, 1.165) is 19.3 Å². The highest BCUT2D eigenvalue weighted by Gasteiger charge is 2.46. The van der Waals surface area contributed by atoms with Gasteiger partial charge in [-0.15, -0.1) is 11.8 Å². The summed E-state index contributed by atoms with van der Waals surface area (Å²) in [5.74, 6) is -0.0973. The number of hydrogen-bond donors (Lipinski definition) is 2. The highest BCUT2D eigenvalue weighted by atomic mass is 32.2. The Balaban J connectivity index is 1.56. The molecule has 1 amide bonds. The Morgan fingerprint density at radius 1 is 1.38 bits per heavy atom. The molecule has 2 N–H and O–H groups in total. The van der Waals surface area contributed by atoms with Crippen molar-refractivity contribution < 1.29 is 14.1 Å². The largest absolute Gasteiger partial charge is 0.433 e. The van der Waals surface area contributed by atoms with Crippen molar-refractivity contribution in [1.29, 1.82) is 0 Å². The Labute approximate surface area is 124 Å². The molecule has 110 valence electrons. The minimum Gasteiger partial charge on any atom is -0.402 e. The second-order valence-electron chi connectivity index (χ2n) is 5.36. The lowest BCUT2D eigenvalue weighted by Gasteiger charge is -2.33. The van der Waals surface area contributed by atoms with Gasteiger partial charge in [-0.05, 0) is 35.8 Å². The summed E-state index contributed by atoms with van der Waals surface area (Å²) in [4.78, 5) is 23.8. The molecule has 7 nitrogen and oxygen atoms in total. The van der Waals surface area contributed by atoms with Crippen molar-refractivity contribution >= 4 is 23.6 Å². The monoisotopic (exact) mass is 307 g/mol. The molecule has 2 aliphatic heterocycles. The van der Waals surface area contributed by atoms with Gasteiger partial charge in [-0.3, -0.25) is 20.2 Å². The molecule has 8 heteroatoms. The lowest BCUT2D eigenvalue weighted by Crippen LogP contribution is -2.54. The molecule has 1 fully saturated rings. The highest BCUT2D eigenvalue weighted by molar-refractivity contribution is 8.04. The number of carbonyl (C=O) groups is 1. The second-order valence-corrected chi connectivity index (χ2v) is 6.60. The van der Waals surface area contributed by atoms with Crippen LogP contribution in [0.3, 0.4) is 0 Å². The predicted molar refractivity (Wildman–Crippen MR) is 75.1 cm³/mol. The fourth-order valence-electron chi connectivity index (χ4n) is 3.22. The Morgan fingerprint density at radius 3 is 3.00 bits per heavy atom. The van der Waals surface area contributed by atoms with Gasteiger partial charge < -0.3 is 9.73 Å². The number of nitrogens with one attached hydrogen (secondary N) is 2. The molecule has 3 aliphatic rings. The number of nitrogens with zero attached hydrogens (tertiary/aromatic N) is 1. The number of nitro groups is 1. The molecule has 0 spiro atoms. The van der Waals surface area contributed by atoms with Crippen molar-refractivity contribution in [2.45, 2.75) is 30.8 Å². The van der Waals surface area contributed by atoms with Crippen LogP contribution in [0.5, 0.6) is 0 Å². The number of amides is 1. The normalized spacial score (nSPS) is 31.0. The van der Waals surface area contributed by atoms with Crippen molar-refractivity contribution in [3.8, 4) is 0 Å². The van der Waals surface area contributed by atoms with Crippen LogP contribution in [-0.2, 0) is 4.79 Å². The van der Waals surface area contributed by atoms with Crippen LogP contribution in [0.4, 0.5) is 5.88 Å². The number of thioether (sulfide) groups is 1. The number of fused-ring (bicyclic) bond motifs is 2. The first-order valence-electron chi connectivity index (χ1n) is 6.82. The molecule has 1 aromatic rings. The van der Waals surface area contributed by atoms with E-state index in [1.165, 1.54) is 22.6 Å². The van der Waals surface area contributed by atoms with E-state index >= 15 is 0 Å². The van der Waals surface area contributed by atoms with Crippen LogP contribution in [0.15, 0.2) is 27.0 Å². The van der Waals surface area contributed by atoms with E-state index in [2.05, 4.69) is 10.6 Å². The van der Waals surface area contributed by atoms with Crippen molar-refractivity contribution in [3.05, 3.63) is 38.5 Å². The standard InChI is InChI=1S/C13H13N3O4S/c17-12-10-6-2-1-3-8(6)21-13(10)15-11(14-12)7-4-5-9(20-7)16(18)19/h4-5,10-11,13,15H,1-3H2,(H,14,17). The quantitative estimate of drug-likeness (QED) is 0.641. The third-order valence-electron chi connectivity index (χ3n) is 4.13. The van der Waals surface area contributed by atoms with Crippen molar-refractivity contribution in [3.63, 3.8) is 0 Å². The Hall–Kier alpha value is -1.80. The van der Waals surface area contributed by atoms with Crippen LogP contribution in [0.25, 0.3) is 0 Å². The van der Waals surface area contributed by atoms with Gasteiger partial charge in [-0.25, -0.2) is 0 Å². The SMILES string of the molecule is O=C1NC(c2ccc([N+](=O)[O-])o2)NC2SC3=C(CCC3)C12. The molecule has 4 rings (SSSR count). The summed E-state index contributed by atoms with van der Waals surface area (Å²) in [6.07, 6.45) is 2.66. The molecule has 1 saturated heterocycles. The lowest BCUT2D eigenvalue weighted by molar-refractivity contribution is -0.402. The van der Waals surface area contributed by atoms with Gasteiger partial charge in [-0.2, -0.15) is 0 Å². The zero-order chi connectivity index (χ0) is 14.6. The van der Waals surface area contributed by atoms with Gasteiger partial charge in [0.25, 0.3) is 0 Å². The zero-order valence-electron chi connectivity index (χ0n) is 11.0. The van der Waals surface area contributed by atoms with Gasteiger partial charge in [0.15, 0.2) is 0 Å². The van der Waals surface area contributed by atoms with Gasteiger partial charge in [-0.1, -0.05) is 0 Å². The third-order valence-corrected chi connectivity index (χ3v) is 5.55. The maximum absolute atomic E-state index is 12.4. The molecule has 1 aromatic heterocycles. The van der Waals surface area contributed by atoms with Gasteiger partial charge in [0.1, 0.15) is 16.8 Å². The molecular weight excluding hydrogens is 294 g/mol. The van der Waals surface area contributed by atoms with E-state index in [1.54, 1.807) is 11.8 Å². The number of rotatable bonds is 2. The molecule has 3 heterocycles. The van der Waals surface area contributed by atoms with Crippen molar-refractivity contribution in [1.82, 2.24) is 10.6 Å². The second kappa shape index (κ2) is 4.60. The molecule has 0 aromatic carbocycles. The number of furan rings is 1. The summed E-state index contributed by atoms with van der Waals surface area (Å²) >= 11 is 1.71. The van der Waals surface area contributed by atoms with Crippen LogP contribution in [0.2, 0.25) is 0 Å². The molecule has 3 atom stereocenters. The summed E-state index contributed by atoms with van der Waals surface area (Å²) < 4.78 is 5.18. The van der Waals surface area contributed by atoms with Gasteiger partial charge in [0.05, 0.1) is 17.4 Å². The smallest absolute Gasteiger partial charge is 0.402 e. The first-order chi connectivity index (χ1) is 10.1. The molecule has 0 radical (unpaired) electrons. The topological polar surface area (TPSA) is 97.4 Å². The maximum Gasteiger partial charge on any atom is 0.433 e. The Bertz CT molecular complexity index is 668. The van der Waals surface area contributed by atoms with Crippen molar-refractivity contribution in [2.75, 3.05) is 0 Å². The molecular formula is C13H13N3O4S. The van der Waals surface area contributed by atoms with E-state index in [0.29, 0.717) is 5.76 Å². The number of allylic oxidation sites excluding steroid dienone is 1. The van der Waals surface area contributed by atoms with E-state index in [9.17, 15) is 14.9 Å². The van der Waals surface area contributed by atoms with E-state index in [1.807, 2.05) is 0 Å². The lowest BCUT2D eigenvalue weighted by atomic mass is 9.95. The fraction of sp³-hybridized carbons (Fsp3) is 0.462. The van der Waals surface area contributed by atoms with Crippen LogP contribution in [0.1, 0.15) is 31.2 Å². The number of carbonyl (C=O) groups excluding carboxylic acids is 1. The van der Waals surface area contributed by atoms with Crippen LogP contribution in [-0.4, -0.2) is 16.2 Å². The Morgan fingerprint density at radius 2 is 2.24 bits per heavy atom. The van der Waals surface area contributed by atoms with Crippen molar-refractivity contribution in [2.24, 2.45) is 5.92 Å². The molecule has 0 saturated carbocycles. The zero-order valence-corrected chi connectivity index (χ0v) is 11.8. The average molecular weight is 307 g/mol. The van der Waals surface area contributed by atoms with Gasteiger partial charge >= 0.3 is 5.88 Å². The average Bonchev–Trinajstić information content (AvgIpc) is 3.12. The summed E-state index contributed by atoms with van der Waals surface area (Å²) in [6, 6.07) is 2.83. The molecule has 1 aliphatic carbocycles. The Kier molecular flexibility index (Phi) is 2.83. The first kappa shape index (κ1) is 12.9. The van der Waals surface area contributed by atoms with Gasteiger partial charge in [0.2, 0.25) is 5.91 Å². The first-order valence-corrected chi connectivity index (χ1v) is 7.70. The van der Waals surface area contributed by atoms with E-state index < -0.39 is 11.1 Å². The summed E-state index contributed by atoms with van der Waals surface area (Å²) in [5, 5.41) is 16.8. The summed E-state index contributed by atoms with van der Waals surface area (Å²) in [6.45, 7) is 0. The third kappa shape index (κ3) is 1.97. The maximum atomic E-state index is 12.4. The van der Waals surface area contributed by atoms with Crippen LogP contribution >= 0.6 is 11.8 Å². The summed E-state index contributed by atoms with van der Waals surface area (Å²) in [7, 11) is 0. The predicted octanol–water partition coefficient (Wildman–Crippen LogP) is 2.03. The molecule has 0 bridgehead atoms. The van der Waals surface area contributed by atoms with Crippen LogP contribution in [0, 0.1) is 16.0 Å². The summed E-state index contributed by atoms with van der Waals surface area (Å²) in [5.41, 5.74) is 1.26. The van der Waals surface area contributed by atoms with Gasteiger partial charge in [0, 0.05) is 0 Å².